The van der Waals surface area contributed by atoms with E-state index in [0.717, 1.165) is 0 Å². The van der Waals surface area contributed by atoms with E-state index < -0.39 is 11.7 Å². The number of benzene rings is 2. The normalized spacial score (nSPS) is 13.8. The number of rotatable bonds is 5. The molecule has 10 heteroatoms. The molecule has 0 aliphatic carbocycles. The number of aromatic nitrogens is 2. The maximum atomic E-state index is 14.0. The zero-order valence-electron chi connectivity index (χ0n) is 17.3. The van der Waals surface area contributed by atoms with E-state index in [1.54, 1.807) is 36.1 Å². The Morgan fingerprint density at radius 2 is 1.72 bits per heavy atom. The highest BCUT2D eigenvalue weighted by molar-refractivity contribution is 6.31. The summed E-state index contributed by atoms with van der Waals surface area (Å²) in [6.45, 7) is 3.17. The van der Waals surface area contributed by atoms with Crippen molar-refractivity contribution in [2.45, 2.75) is 13.5 Å². The van der Waals surface area contributed by atoms with Crippen LogP contribution in [0.15, 0.2) is 47.0 Å². The van der Waals surface area contributed by atoms with Crippen LogP contribution in [0, 0.1) is 12.7 Å². The molecule has 0 spiro atoms. The van der Waals surface area contributed by atoms with E-state index in [-0.39, 0.29) is 18.1 Å². The van der Waals surface area contributed by atoms with E-state index >= 15 is 0 Å². The number of carbonyl (C=O) groups excluding carboxylic acids is 2. The molecule has 166 valence electrons. The lowest BCUT2D eigenvalue weighted by molar-refractivity contribution is 0.0533. The van der Waals surface area contributed by atoms with E-state index in [1.807, 2.05) is 0 Å². The summed E-state index contributed by atoms with van der Waals surface area (Å²) in [5.74, 6) is 0.274. The van der Waals surface area contributed by atoms with Crippen molar-refractivity contribution in [3.63, 3.8) is 0 Å². The van der Waals surface area contributed by atoms with Crippen molar-refractivity contribution in [3.05, 3.63) is 76.1 Å². The Kier molecular flexibility index (Phi) is 6.36. The van der Waals surface area contributed by atoms with Crippen molar-refractivity contribution in [3.8, 4) is 5.75 Å². The lowest BCUT2D eigenvalue weighted by atomic mass is 10.1. The Morgan fingerprint density at radius 1 is 1.06 bits per heavy atom. The van der Waals surface area contributed by atoms with Gasteiger partial charge in [0.25, 0.3) is 11.8 Å². The number of hydrogen-bond donors (Lipinski definition) is 0. The van der Waals surface area contributed by atoms with Crippen LogP contribution in [0.1, 0.15) is 32.4 Å². The van der Waals surface area contributed by atoms with Crippen molar-refractivity contribution >= 4 is 23.4 Å². The summed E-state index contributed by atoms with van der Waals surface area (Å²) >= 11 is 5.89. The first kappa shape index (κ1) is 21.8. The van der Waals surface area contributed by atoms with Crippen LogP contribution < -0.4 is 4.74 Å². The number of aryl methyl sites for hydroxylation is 1. The molecule has 1 fully saturated rings. The van der Waals surface area contributed by atoms with Crippen LogP contribution in [0.25, 0.3) is 0 Å². The fraction of sp³-hybridized carbons (Fsp3) is 0.273. The molecule has 2 heterocycles. The van der Waals surface area contributed by atoms with Crippen molar-refractivity contribution in [1.82, 2.24) is 19.9 Å². The van der Waals surface area contributed by atoms with Crippen molar-refractivity contribution in [2.75, 3.05) is 26.2 Å². The average Bonchev–Trinajstić information content (AvgIpc) is 3.24. The SMILES string of the molecule is Cc1nc(COc2ccc(C(=O)N3CCN(C(=O)c4cc(Cl)ccc4F)CC3)cc2)no1. The smallest absolute Gasteiger partial charge is 0.257 e. The highest BCUT2D eigenvalue weighted by Crippen LogP contribution is 2.19. The highest BCUT2D eigenvalue weighted by atomic mass is 35.5. The van der Waals surface area contributed by atoms with Gasteiger partial charge in [0.15, 0.2) is 6.61 Å². The van der Waals surface area contributed by atoms with E-state index in [2.05, 4.69) is 10.1 Å². The minimum Gasteiger partial charge on any atom is -0.485 e. The van der Waals surface area contributed by atoms with Crippen LogP contribution in [0.4, 0.5) is 4.39 Å². The van der Waals surface area contributed by atoms with Gasteiger partial charge >= 0.3 is 0 Å². The molecule has 0 bridgehead atoms. The van der Waals surface area contributed by atoms with Gasteiger partial charge in [0.2, 0.25) is 11.7 Å². The van der Waals surface area contributed by atoms with Crippen LogP contribution in [-0.4, -0.2) is 57.9 Å². The Bertz CT molecular complexity index is 1130. The van der Waals surface area contributed by atoms with Crippen LogP contribution in [0.5, 0.6) is 5.75 Å². The number of halogens is 2. The predicted molar refractivity (Wildman–Crippen MR) is 113 cm³/mol. The zero-order chi connectivity index (χ0) is 22.7. The summed E-state index contributed by atoms with van der Waals surface area (Å²) in [6.07, 6.45) is 0. The average molecular weight is 459 g/mol. The van der Waals surface area contributed by atoms with E-state index in [1.165, 1.54) is 23.1 Å². The van der Waals surface area contributed by atoms with E-state index in [4.69, 9.17) is 20.9 Å². The molecule has 2 amide bonds. The molecule has 1 aromatic heterocycles. The van der Waals surface area contributed by atoms with Gasteiger partial charge in [-0.1, -0.05) is 16.8 Å². The molecule has 1 saturated heterocycles. The predicted octanol–water partition coefficient (Wildman–Crippen LogP) is 3.35. The summed E-state index contributed by atoms with van der Waals surface area (Å²) in [7, 11) is 0. The Morgan fingerprint density at radius 3 is 2.34 bits per heavy atom. The van der Waals surface area contributed by atoms with Gasteiger partial charge in [-0.3, -0.25) is 9.59 Å². The van der Waals surface area contributed by atoms with Crippen LogP contribution in [-0.2, 0) is 6.61 Å². The molecule has 0 N–H and O–H groups in total. The molecule has 32 heavy (non-hydrogen) atoms. The number of hydrogen-bond acceptors (Lipinski definition) is 6. The Hall–Kier alpha value is -3.46. The summed E-state index contributed by atoms with van der Waals surface area (Å²) in [6, 6.07) is 10.6. The van der Waals surface area contributed by atoms with Crippen LogP contribution in [0.3, 0.4) is 0 Å². The molecule has 0 atom stereocenters. The Labute approximate surface area is 188 Å². The summed E-state index contributed by atoms with van der Waals surface area (Å²) in [5, 5.41) is 4.05. The number of ether oxygens (including phenoxy) is 1. The second kappa shape index (κ2) is 9.35. The number of carbonyl (C=O) groups is 2. The monoisotopic (exact) mass is 458 g/mol. The van der Waals surface area contributed by atoms with Gasteiger partial charge in [-0.05, 0) is 42.5 Å². The lowest BCUT2D eigenvalue weighted by Gasteiger charge is -2.35. The quantitative estimate of drug-likeness (QED) is 0.582. The van der Waals surface area contributed by atoms with Gasteiger partial charge in [0.1, 0.15) is 11.6 Å². The maximum Gasteiger partial charge on any atom is 0.257 e. The minimum absolute atomic E-state index is 0.0659. The van der Waals surface area contributed by atoms with Crippen LogP contribution in [0.2, 0.25) is 5.02 Å². The molecule has 1 aliphatic rings. The molecule has 8 nitrogen and oxygen atoms in total. The van der Waals surface area contributed by atoms with Crippen molar-refractivity contribution in [2.24, 2.45) is 0 Å². The topological polar surface area (TPSA) is 88.8 Å². The molecule has 0 saturated carbocycles. The van der Waals surface area contributed by atoms with E-state index in [0.29, 0.717) is 54.2 Å². The summed E-state index contributed by atoms with van der Waals surface area (Å²) in [5.41, 5.74) is 0.442. The van der Waals surface area contributed by atoms with Crippen LogP contribution >= 0.6 is 11.6 Å². The van der Waals surface area contributed by atoms with Crippen molar-refractivity contribution in [1.29, 1.82) is 0 Å². The second-order valence-corrected chi connectivity index (χ2v) is 7.69. The number of amides is 2. The molecular weight excluding hydrogens is 439 g/mol. The first-order valence-electron chi connectivity index (χ1n) is 9.96. The minimum atomic E-state index is -0.616. The van der Waals surface area contributed by atoms with Gasteiger partial charge in [0, 0.05) is 43.7 Å². The molecule has 3 aromatic rings. The third-order valence-corrected chi connectivity index (χ3v) is 5.29. The lowest BCUT2D eigenvalue weighted by Crippen LogP contribution is -2.50. The second-order valence-electron chi connectivity index (χ2n) is 7.25. The largest absolute Gasteiger partial charge is 0.485 e. The fourth-order valence-electron chi connectivity index (χ4n) is 3.37. The standard InChI is InChI=1S/C22H20ClFN4O4/c1-14-25-20(26-32-14)13-31-17-5-2-15(3-6-17)21(29)27-8-10-28(11-9-27)22(30)18-12-16(23)4-7-19(18)24/h2-7,12H,8-11,13H2,1H3. The number of nitrogens with zero attached hydrogens (tertiary/aromatic N) is 4. The Balaban J connectivity index is 1.32. The van der Waals surface area contributed by atoms with Crippen molar-refractivity contribution < 1.29 is 23.2 Å². The molecule has 2 aromatic carbocycles. The summed E-state index contributed by atoms with van der Waals surface area (Å²) in [4.78, 5) is 32.7. The van der Waals surface area contributed by atoms with Gasteiger partial charge in [-0.15, -0.1) is 0 Å². The highest BCUT2D eigenvalue weighted by Gasteiger charge is 2.27. The summed E-state index contributed by atoms with van der Waals surface area (Å²) < 4.78 is 24.5. The first-order valence-corrected chi connectivity index (χ1v) is 10.3. The molecule has 0 radical (unpaired) electrons. The van der Waals surface area contributed by atoms with Gasteiger partial charge < -0.3 is 19.1 Å². The maximum absolute atomic E-state index is 14.0. The first-order chi connectivity index (χ1) is 15.4. The molecule has 4 rings (SSSR count). The number of piperazine rings is 1. The fourth-order valence-corrected chi connectivity index (χ4v) is 3.54. The molecular formula is C22H20ClFN4O4. The van der Waals surface area contributed by atoms with Gasteiger partial charge in [0.05, 0.1) is 5.56 Å². The third-order valence-electron chi connectivity index (χ3n) is 5.05. The third kappa shape index (κ3) is 4.88. The molecule has 1 aliphatic heterocycles. The zero-order valence-corrected chi connectivity index (χ0v) is 18.0. The van der Waals surface area contributed by atoms with E-state index in [9.17, 15) is 14.0 Å². The van der Waals surface area contributed by atoms with Gasteiger partial charge in [-0.2, -0.15) is 4.98 Å². The molecule has 0 unspecified atom stereocenters. The van der Waals surface area contributed by atoms with Gasteiger partial charge in [-0.25, -0.2) is 4.39 Å².